The number of piperazine rings is 1. The molecule has 1 saturated heterocycles. The van der Waals surface area contributed by atoms with E-state index in [1.54, 1.807) is 23.4 Å². The Morgan fingerprint density at radius 2 is 1.72 bits per heavy atom. The molecule has 0 saturated carbocycles. The largest absolute Gasteiger partial charge is 0.369 e. The summed E-state index contributed by atoms with van der Waals surface area (Å²) in [5.41, 5.74) is 5.15. The maximum absolute atomic E-state index is 13.2. The van der Waals surface area contributed by atoms with E-state index < -0.39 is 6.04 Å². The van der Waals surface area contributed by atoms with Crippen molar-refractivity contribution in [2.24, 2.45) is 0 Å². The van der Waals surface area contributed by atoms with Gasteiger partial charge in [-0.3, -0.25) is 14.5 Å². The summed E-state index contributed by atoms with van der Waals surface area (Å²) in [6.07, 6.45) is 1.64. The standard InChI is InChI=1S/C28H33N5O2S/c1-19(25(34)30-27-29-11-16-36-27)33-18-22-6-5-21(17-24(22)26(33)35)20-7-9-23(10-8-20)31-12-14-32(15-13-31)28(2,3)4/h5-11,16-17,19H,12-15,18H2,1-4H3,(H,29,30,34)/t19-/m0/s1. The zero-order valence-electron chi connectivity index (χ0n) is 21.3. The van der Waals surface area contributed by atoms with Gasteiger partial charge in [0.25, 0.3) is 5.91 Å². The average molecular weight is 504 g/mol. The van der Waals surface area contributed by atoms with Crippen LogP contribution in [0, 0.1) is 0 Å². The molecule has 0 aliphatic carbocycles. The second kappa shape index (κ2) is 9.67. The molecule has 1 aromatic heterocycles. The van der Waals surface area contributed by atoms with Crippen molar-refractivity contribution in [3.8, 4) is 11.1 Å². The molecular weight excluding hydrogens is 470 g/mol. The second-order valence-electron chi connectivity index (χ2n) is 10.5. The van der Waals surface area contributed by atoms with Gasteiger partial charge in [-0.15, -0.1) is 11.3 Å². The Kier molecular flexibility index (Phi) is 6.57. The van der Waals surface area contributed by atoms with Crippen LogP contribution in [0.5, 0.6) is 0 Å². The summed E-state index contributed by atoms with van der Waals surface area (Å²) in [4.78, 5) is 36.6. The Bertz CT molecular complexity index is 1240. The minimum Gasteiger partial charge on any atom is -0.369 e. The van der Waals surface area contributed by atoms with Crippen LogP contribution in [-0.2, 0) is 11.3 Å². The zero-order valence-corrected chi connectivity index (χ0v) is 22.1. The molecule has 5 rings (SSSR count). The SMILES string of the molecule is C[C@@H](C(=O)Nc1nccs1)N1Cc2ccc(-c3ccc(N4CCN(C(C)(C)C)CC4)cc3)cc2C1=O. The van der Waals surface area contributed by atoms with Gasteiger partial charge < -0.3 is 15.1 Å². The number of carbonyl (C=O) groups excluding carboxylic acids is 2. The van der Waals surface area contributed by atoms with E-state index in [0.29, 0.717) is 17.2 Å². The van der Waals surface area contributed by atoms with E-state index in [9.17, 15) is 9.59 Å². The Morgan fingerprint density at radius 3 is 2.36 bits per heavy atom. The molecule has 1 atom stereocenters. The summed E-state index contributed by atoms with van der Waals surface area (Å²) < 4.78 is 0. The third-order valence-electron chi connectivity index (χ3n) is 7.25. The third kappa shape index (κ3) is 4.88. The van der Waals surface area contributed by atoms with Crippen molar-refractivity contribution in [2.45, 2.75) is 45.8 Å². The first kappa shape index (κ1) is 24.5. The van der Waals surface area contributed by atoms with Crippen molar-refractivity contribution >= 4 is 34.0 Å². The average Bonchev–Trinajstić information content (AvgIpc) is 3.50. The minimum absolute atomic E-state index is 0.109. The van der Waals surface area contributed by atoms with Crippen molar-refractivity contribution in [3.05, 3.63) is 65.2 Å². The van der Waals surface area contributed by atoms with Crippen LogP contribution >= 0.6 is 11.3 Å². The summed E-state index contributed by atoms with van der Waals surface area (Å²) in [5, 5.41) is 5.14. The molecule has 36 heavy (non-hydrogen) atoms. The number of thiazole rings is 1. The quantitative estimate of drug-likeness (QED) is 0.546. The number of carbonyl (C=O) groups is 2. The van der Waals surface area contributed by atoms with Crippen molar-refractivity contribution in [1.82, 2.24) is 14.8 Å². The predicted molar refractivity (Wildman–Crippen MR) is 145 cm³/mol. The van der Waals surface area contributed by atoms with Crippen LogP contribution in [-0.4, -0.2) is 64.4 Å². The number of nitrogens with one attached hydrogen (secondary N) is 1. The zero-order chi connectivity index (χ0) is 25.4. The van der Waals surface area contributed by atoms with Gasteiger partial charge in [0.15, 0.2) is 5.13 Å². The fraction of sp³-hybridized carbons (Fsp3) is 0.393. The van der Waals surface area contributed by atoms with Gasteiger partial charge in [-0.05, 0) is 62.6 Å². The van der Waals surface area contributed by atoms with Gasteiger partial charge in [0.2, 0.25) is 5.91 Å². The first-order valence-corrected chi connectivity index (χ1v) is 13.3. The van der Waals surface area contributed by atoms with Gasteiger partial charge in [0.1, 0.15) is 6.04 Å². The van der Waals surface area contributed by atoms with Gasteiger partial charge in [-0.1, -0.05) is 24.3 Å². The number of nitrogens with zero attached hydrogens (tertiary/aromatic N) is 4. The van der Waals surface area contributed by atoms with Crippen molar-refractivity contribution in [1.29, 1.82) is 0 Å². The highest BCUT2D eigenvalue weighted by Crippen LogP contribution is 2.31. The first-order chi connectivity index (χ1) is 17.2. The van der Waals surface area contributed by atoms with Crippen LogP contribution in [0.25, 0.3) is 11.1 Å². The molecule has 2 aliphatic rings. The molecule has 2 amide bonds. The van der Waals surface area contributed by atoms with Gasteiger partial charge in [-0.2, -0.15) is 0 Å². The second-order valence-corrected chi connectivity index (χ2v) is 11.4. The topological polar surface area (TPSA) is 68.8 Å². The van der Waals surface area contributed by atoms with E-state index in [-0.39, 0.29) is 17.4 Å². The summed E-state index contributed by atoms with van der Waals surface area (Å²) >= 11 is 1.36. The molecule has 3 aromatic rings. The molecule has 0 spiro atoms. The molecule has 1 fully saturated rings. The smallest absolute Gasteiger partial charge is 0.255 e. The Morgan fingerprint density at radius 1 is 1.03 bits per heavy atom. The van der Waals surface area contributed by atoms with Crippen LogP contribution in [0.15, 0.2) is 54.0 Å². The van der Waals surface area contributed by atoms with Gasteiger partial charge in [0.05, 0.1) is 0 Å². The summed E-state index contributed by atoms with van der Waals surface area (Å²) in [6.45, 7) is 13.2. The molecule has 7 nitrogen and oxygen atoms in total. The number of aromatic nitrogens is 1. The van der Waals surface area contributed by atoms with Crippen LogP contribution < -0.4 is 10.2 Å². The van der Waals surface area contributed by atoms with Crippen LogP contribution in [0.1, 0.15) is 43.6 Å². The Labute approximate surface area is 216 Å². The van der Waals surface area contributed by atoms with E-state index >= 15 is 0 Å². The number of rotatable bonds is 5. The van der Waals surface area contributed by atoms with Crippen LogP contribution in [0.4, 0.5) is 10.8 Å². The van der Waals surface area contributed by atoms with Crippen LogP contribution in [0.2, 0.25) is 0 Å². The summed E-state index contributed by atoms with van der Waals surface area (Å²) in [5.74, 6) is -0.341. The molecule has 1 N–H and O–H groups in total. The molecule has 3 heterocycles. The van der Waals surface area contributed by atoms with E-state index in [1.807, 2.05) is 12.1 Å². The monoisotopic (exact) mass is 503 g/mol. The van der Waals surface area contributed by atoms with Gasteiger partial charge in [-0.25, -0.2) is 4.98 Å². The molecular formula is C28H33N5O2S. The number of hydrogen-bond acceptors (Lipinski definition) is 6. The van der Waals surface area contributed by atoms with Crippen molar-refractivity contribution in [2.75, 3.05) is 36.4 Å². The highest BCUT2D eigenvalue weighted by Gasteiger charge is 2.34. The minimum atomic E-state index is -0.588. The van der Waals surface area contributed by atoms with Gasteiger partial charge in [0, 0.05) is 61.1 Å². The molecule has 188 valence electrons. The lowest BCUT2D eigenvalue weighted by Gasteiger charge is -2.43. The number of anilines is 2. The van der Waals surface area contributed by atoms with E-state index in [1.165, 1.54) is 17.0 Å². The fourth-order valence-electron chi connectivity index (χ4n) is 4.95. The van der Waals surface area contributed by atoms with Gasteiger partial charge >= 0.3 is 0 Å². The molecule has 8 heteroatoms. The third-order valence-corrected chi connectivity index (χ3v) is 7.93. The van der Waals surface area contributed by atoms with E-state index in [2.05, 4.69) is 71.2 Å². The summed E-state index contributed by atoms with van der Waals surface area (Å²) in [7, 11) is 0. The summed E-state index contributed by atoms with van der Waals surface area (Å²) in [6, 6.07) is 14.1. The molecule has 2 aromatic carbocycles. The Hall–Kier alpha value is -3.23. The number of benzene rings is 2. The maximum atomic E-state index is 13.2. The molecule has 2 aliphatic heterocycles. The predicted octanol–water partition coefficient (Wildman–Crippen LogP) is 4.71. The van der Waals surface area contributed by atoms with Crippen LogP contribution in [0.3, 0.4) is 0 Å². The Balaban J connectivity index is 1.26. The highest BCUT2D eigenvalue weighted by molar-refractivity contribution is 7.13. The number of amides is 2. The van der Waals surface area contributed by atoms with E-state index in [0.717, 1.165) is 42.9 Å². The van der Waals surface area contributed by atoms with E-state index in [4.69, 9.17) is 0 Å². The fourth-order valence-corrected chi connectivity index (χ4v) is 5.48. The van der Waals surface area contributed by atoms with Crippen molar-refractivity contribution < 1.29 is 9.59 Å². The molecule has 0 radical (unpaired) electrons. The first-order valence-electron chi connectivity index (χ1n) is 12.5. The normalized spacial score (nSPS) is 17.3. The maximum Gasteiger partial charge on any atom is 0.255 e. The molecule has 0 bridgehead atoms. The lowest BCUT2D eigenvalue weighted by molar-refractivity contribution is -0.120. The van der Waals surface area contributed by atoms with Crippen molar-refractivity contribution in [3.63, 3.8) is 0 Å². The lowest BCUT2D eigenvalue weighted by atomic mass is 10.00. The molecule has 0 unspecified atom stereocenters. The highest BCUT2D eigenvalue weighted by atomic mass is 32.1. The number of hydrogen-bond donors (Lipinski definition) is 1. The lowest BCUT2D eigenvalue weighted by Crippen LogP contribution is -2.53. The number of fused-ring (bicyclic) bond motifs is 1.